The highest BCUT2D eigenvalue weighted by atomic mass is 16.2. The number of fused-ring (bicyclic) bond motifs is 1. The van der Waals surface area contributed by atoms with Crippen LogP contribution in [-0.2, 0) is 17.8 Å². The maximum atomic E-state index is 12.3. The number of aromatic amines is 1. The lowest BCUT2D eigenvalue weighted by molar-refractivity contribution is -0.128. The van der Waals surface area contributed by atoms with Gasteiger partial charge >= 0.3 is 0 Å². The zero-order valence-corrected chi connectivity index (χ0v) is 15.1. The van der Waals surface area contributed by atoms with Crippen LogP contribution >= 0.6 is 0 Å². The zero-order chi connectivity index (χ0) is 18.6. The van der Waals surface area contributed by atoms with Crippen molar-refractivity contribution in [1.82, 2.24) is 20.2 Å². The van der Waals surface area contributed by atoms with Gasteiger partial charge in [-0.15, -0.1) is 0 Å². The number of benzene rings is 2. The van der Waals surface area contributed by atoms with Crippen molar-refractivity contribution < 1.29 is 9.59 Å². The molecule has 1 aliphatic rings. The van der Waals surface area contributed by atoms with Gasteiger partial charge in [-0.3, -0.25) is 9.59 Å². The molecule has 6 heteroatoms. The van der Waals surface area contributed by atoms with Crippen LogP contribution in [0.15, 0.2) is 48.5 Å². The number of hydrogen-bond acceptors (Lipinski definition) is 3. The van der Waals surface area contributed by atoms with E-state index in [1.807, 2.05) is 53.4 Å². The van der Waals surface area contributed by atoms with Crippen molar-refractivity contribution in [3.63, 3.8) is 0 Å². The van der Waals surface area contributed by atoms with Crippen LogP contribution in [0.3, 0.4) is 0 Å². The number of aromatic nitrogens is 2. The van der Waals surface area contributed by atoms with Gasteiger partial charge in [0.15, 0.2) is 0 Å². The molecule has 2 N–H and O–H groups in total. The predicted octanol–water partition coefficient (Wildman–Crippen LogP) is 2.66. The number of nitrogens with zero attached hydrogens (tertiary/aromatic N) is 2. The number of imidazole rings is 1. The Labute approximate surface area is 157 Å². The minimum absolute atomic E-state index is 0.102. The van der Waals surface area contributed by atoms with Crippen molar-refractivity contribution in [2.24, 2.45) is 0 Å². The average molecular weight is 362 g/mol. The van der Waals surface area contributed by atoms with Crippen LogP contribution in [-0.4, -0.2) is 39.8 Å². The van der Waals surface area contributed by atoms with E-state index in [4.69, 9.17) is 0 Å². The Hall–Kier alpha value is -3.15. The molecule has 0 spiro atoms. The number of nitrogens with one attached hydrogen (secondary N) is 2. The minimum Gasteiger partial charge on any atom is -0.352 e. The first-order chi connectivity index (χ1) is 13.2. The Morgan fingerprint density at radius 1 is 1.15 bits per heavy atom. The Morgan fingerprint density at radius 2 is 1.96 bits per heavy atom. The summed E-state index contributed by atoms with van der Waals surface area (Å²) < 4.78 is 0. The van der Waals surface area contributed by atoms with Crippen LogP contribution < -0.4 is 5.32 Å². The minimum atomic E-state index is -0.102. The van der Waals surface area contributed by atoms with Crippen LogP contribution in [0.4, 0.5) is 0 Å². The third kappa shape index (κ3) is 4.00. The van der Waals surface area contributed by atoms with E-state index in [1.54, 1.807) is 0 Å². The molecule has 2 heterocycles. The van der Waals surface area contributed by atoms with Gasteiger partial charge in [0.25, 0.3) is 5.91 Å². The van der Waals surface area contributed by atoms with Crippen molar-refractivity contribution in [3.05, 3.63) is 65.5 Å². The summed E-state index contributed by atoms with van der Waals surface area (Å²) in [7, 11) is 0. The number of amides is 2. The molecule has 1 fully saturated rings. The summed E-state index contributed by atoms with van der Waals surface area (Å²) in [5.74, 6) is 0.972. The highest BCUT2D eigenvalue weighted by Crippen LogP contribution is 2.15. The monoisotopic (exact) mass is 362 g/mol. The maximum Gasteiger partial charge on any atom is 0.251 e. The normalized spacial score (nSPS) is 14.1. The molecule has 0 atom stereocenters. The van der Waals surface area contributed by atoms with Gasteiger partial charge in [-0.05, 0) is 36.2 Å². The first-order valence-corrected chi connectivity index (χ1v) is 9.27. The van der Waals surface area contributed by atoms with Gasteiger partial charge in [-0.1, -0.05) is 24.3 Å². The van der Waals surface area contributed by atoms with E-state index in [9.17, 15) is 9.59 Å². The number of hydrogen-bond donors (Lipinski definition) is 2. The van der Waals surface area contributed by atoms with E-state index in [0.29, 0.717) is 31.5 Å². The fourth-order valence-corrected chi connectivity index (χ4v) is 3.37. The van der Waals surface area contributed by atoms with Crippen molar-refractivity contribution in [2.75, 3.05) is 13.1 Å². The summed E-state index contributed by atoms with van der Waals surface area (Å²) in [5.41, 5.74) is 3.61. The van der Waals surface area contributed by atoms with Crippen LogP contribution in [0, 0.1) is 0 Å². The summed E-state index contributed by atoms with van der Waals surface area (Å²) in [5, 5.41) is 2.93. The lowest BCUT2D eigenvalue weighted by atomic mass is 10.1. The molecule has 1 saturated heterocycles. The van der Waals surface area contributed by atoms with Crippen LogP contribution in [0.1, 0.15) is 34.6 Å². The predicted molar refractivity (Wildman–Crippen MR) is 103 cm³/mol. The van der Waals surface area contributed by atoms with Gasteiger partial charge < -0.3 is 15.2 Å². The molecule has 2 amide bonds. The Balaban J connectivity index is 1.29. The lowest BCUT2D eigenvalue weighted by Gasteiger charge is -2.15. The number of para-hydroxylation sites is 2. The molecular formula is C21H22N4O2. The van der Waals surface area contributed by atoms with Gasteiger partial charge in [0.1, 0.15) is 5.82 Å². The quantitative estimate of drug-likeness (QED) is 0.708. The van der Waals surface area contributed by atoms with Crippen molar-refractivity contribution in [1.29, 1.82) is 0 Å². The number of rotatable bonds is 6. The summed E-state index contributed by atoms with van der Waals surface area (Å²) in [4.78, 5) is 33.6. The van der Waals surface area contributed by atoms with E-state index in [1.165, 1.54) is 0 Å². The van der Waals surface area contributed by atoms with Gasteiger partial charge in [0.2, 0.25) is 5.91 Å². The molecule has 4 rings (SSSR count). The second kappa shape index (κ2) is 7.61. The molecule has 0 bridgehead atoms. The highest BCUT2D eigenvalue weighted by Gasteiger charge is 2.19. The van der Waals surface area contributed by atoms with Crippen LogP contribution in [0.5, 0.6) is 0 Å². The SMILES string of the molecule is O=C(NCCc1nc2ccccc2[nH]1)c1ccc(CN2CCCC2=O)cc1. The van der Waals surface area contributed by atoms with Gasteiger partial charge in [0.05, 0.1) is 11.0 Å². The van der Waals surface area contributed by atoms with Crippen molar-refractivity contribution >= 4 is 22.8 Å². The molecule has 0 unspecified atom stereocenters. The van der Waals surface area contributed by atoms with Crippen LogP contribution in [0.2, 0.25) is 0 Å². The molecule has 138 valence electrons. The molecule has 1 aromatic heterocycles. The molecule has 3 aromatic rings. The molecule has 27 heavy (non-hydrogen) atoms. The van der Waals surface area contributed by atoms with Gasteiger partial charge in [-0.25, -0.2) is 4.98 Å². The van der Waals surface area contributed by atoms with Crippen LogP contribution in [0.25, 0.3) is 11.0 Å². The topological polar surface area (TPSA) is 78.1 Å². The molecule has 0 aliphatic carbocycles. The maximum absolute atomic E-state index is 12.3. The zero-order valence-electron chi connectivity index (χ0n) is 15.1. The first kappa shape index (κ1) is 17.3. The Bertz CT molecular complexity index is 929. The summed E-state index contributed by atoms with van der Waals surface area (Å²) >= 11 is 0. The highest BCUT2D eigenvalue weighted by molar-refractivity contribution is 5.94. The fraction of sp³-hybridized carbons (Fsp3) is 0.286. The third-order valence-electron chi connectivity index (χ3n) is 4.85. The van der Waals surface area contributed by atoms with Gasteiger partial charge in [-0.2, -0.15) is 0 Å². The summed E-state index contributed by atoms with van der Waals surface area (Å²) in [6.07, 6.45) is 2.23. The second-order valence-electron chi connectivity index (χ2n) is 6.82. The van der Waals surface area contributed by atoms with Crippen molar-refractivity contribution in [2.45, 2.75) is 25.8 Å². The lowest BCUT2D eigenvalue weighted by Crippen LogP contribution is -2.26. The second-order valence-corrected chi connectivity index (χ2v) is 6.82. The Kier molecular flexibility index (Phi) is 4.87. The van der Waals surface area contributed by atoms with E-state index in [0.717, 1.165) is 35.4 Å². The standard InChI is InChI=1S/C21H22N4O2/c26-20-6-3-13-25(20)14-15-7-9-16(10-8-15)21(27)22-12-11-19-23-17-4-1-2-5-18(17)24-19/h1-2,4-5,7-10H,3,6,11-14H2,(H,22,27)(H,23,24). The van der Waals surface area contributed by atoms with Gasteiger partial charge in [0, 0.05) is 38.0 Å². The summed E-state index contributed by atoms with van der Waals surface area (Å²) in [6, 6.07) is 15.3. The molecule has 2 aromatic carbocycles. The third-order valence-corrected chi connectivity index (χ3v) is 4.85. The molecule has 1 aliphatic heterocycles. The number of H-pyrrole nitrogens is 1. The largest absolute Gasteiger partial charge is 0.352 e. The first-order valence-electron chi connectivity index (χ1n) is 9.27. The van der Waals surface area contributed by atoms with E-state index in [2.05, 4.69) is 15.3 Å². The fourth-order valence-electron chi connectivity index (χ4n) is 3.37. The van der Waals surface area contributed by atoms with E-state index >= 15 is 0 Å². The van der Waals surface area contributed by atoms with Crippen molar-refractivity contribution in [3.8, 4) is 0 Å². The number of carbonyl (C=O) groups is 2. The number of likely N-dealkylation sites (tertiary alicyclic amines) is 1. The summed E-state index contributed by atoms with van der Waals surface area (Å²) in [6.45, 7) is 1.96. The Morgan fingerprint density at radius 3 is 2.70 bits per heavy atom. The van der Waals surface area contributed by atoms with E-state index in [-0.39, 0.29) is 11.8 Å². The molecule has 0 saturated carbocycles. The number of carbonyl (C=O) groups excluding carboxylic acids is 2. The molecule has 6 nitrogen and oxygen atoms in total. The molecular weight excluding hydrogens is 340 g/mol. The smallest absolute Gasteiger partial charge is 0.251 e. The van der Waals surface area contributed by atoms with E-state index < -0.39 is 0 Å². The molecule has 0 radical (unpaired) electrons. The average Bonchev–Trinajstić information content (AvgIpc) is 3.28.